The molecule has 1 fully saturated rings. The van der Waals surface area contributed by atoms with Crippen LogP contribution in [0.25, 0.3) is 45.0 Å². The first kappa shape index (κ1) is 25.0. The van der Waals surface area contributed by atoms with Crippen LogP contribution in [0.3, 0.4) is 0 Å². The van der Waals surface area contributed by atoms with Crippen molar-refractivity contribution in [3.8, 4) is 0 Å². The number of nitrogens with one attached hydrogen (secondary N) is 2. The minimum atomic E-state index is 0.921. The molecule has 1 saturated heterocycles. The quantitative estimate of drug-likeness (QED) is 0.160. The number of para-hydroxylation sites is 1. The molecule has 0 saturated carbocycles. The number of hydrogen-bond donors (Lipinski definition) is 2. The van der Waals surface area contributed by atoms with Crippen LogP contribution >= 0.6 is 11.8 Å². The topological polar surface area (TPSA) is 38.2 Å². The van der Waals surface area contributed by atoms with Gasteiger partial charge >= 0.3 is 0 Å². The van der Waals surface area contributed by atoms with Crippen molar-refractivity contribution in [1.29, 1.82) is 0 Å². The molecule has 6 rings (SSSR count). The molecule has 38 heavy (non-hydrogen) atoms. The van der Waals surface area contributed by atoms with Crippen LogP contribution in [0, 0.1) is 0 Å². The Labute approximate surface area is 229 Å². The van der Waals surface area contributed by atoms with Crippen LogP contribution in [0.2, 0.25) is 0 Å². The molecule has 0 bridgehead atoms. The van der Waals surface area contributed by atoms with E-state index in [1.165, 1.54) is 54.5 Å². The van der Waals surface area contributed by atoms with E-state index in [1.807, 2.05) is 0 Å². The fourth-order valence-electron chi connectivity index (χ4n) is 5.55. The Kier molecular flexibility index (Phi) is 7.11. The molecule has 0 amide bonds. The van der Waals surface area contributed by atoms with E-state index >= 15 is 0 Å². The van der Waals surface area contributed by atoms with Crippen LogP contribution in [-0.4, -0.2) is 67.4 Å². The highest BCUT2D eigenvalue weighted by molar-refractivity contribution is 7.98. The number of anilines is 1. The summed E-state index contributed by atoms with van der Waals surface area (Å²) in [5, 5.41) is 6.34. The first-order valence-corrected chi connectivity index (χ1v) is 14.7. The van der Waals surface area contributed by atoms with Crippen LogP contribution < -0.4 is 9.88 Å². The molecule has 3 heterocycles. The Hall–Kier alpha value is -3.32. The van der Waals surface area contributed by atoms with Gasteiger partial charge in [-0.2, -0.15) is 4.57 Å². The summed E-state index contributed by atoms with van der Waals surface area (Å²) < 4.78 is 2.35. The van der Waals surface area contributed by atoms with Gasteiger partial charge in [-0.05, 0) is 54.8 Å². The number of nitrogens with zero attached hydrogens (tertiary/aromatic N) is 3. The lowest BCUT2D eigenvalue weighted by Crippen LogP contribution is -2.45. The van der Waals surface area contributed by atoms with Gasteiger partial charge in [-0.25, -0.2) is 0 Å². The molecular weight excluding hydrogens is 486 g/mol. The summed E-state index contributed by atoms with van der Waals surface area (Å²) in [6, 6.07) is 24.2. The molecule has 2 N–H and O–H groups in total. The van der Waals surface area contributed by atoms with E-state index < -0.39 is 0 Å². The lowest BCUT2D eigenvalue weighted by atomic mass is 10.1. The number of fused-ring (bicyclic) bond motifs is 4. The number of rotatable bonds is 7. The molecule has 1 aliphatic rings. The van der Waals surface area contributed by atoms with Gasteiger partial charge in [0.25, 0.3) is 0 Å². The monoisotopic (exact) mass is 522 g/mol. The second kappa shape index (κ2) is 10.8. The van der Waals surface area contributed by atoms with E-state index in [1.54, 1.807) is 11.8 Å². The Bertz CT molecular complexity index is 1610. The van der Waals surface area contributed by atoms with Crippen LogP contribution in [0.5, 0.6) is 0 Å². The minimum Gasteiger partial charge on any atom is -0.381 e. The standard InChI is InChI=1S/C32H35N5S/c1-35-18-20-37(21-19-35)17-16-33-30-27-15-12-24(9-8-23-10-13-25(38-3)14-11-23)22-29(27)36(2)32-26-6-4-5-7-28(26)34-31(30)32/h4-15,22H,16-21H2,1-3H3,(H,33,34)/p+1/b9-8+. The van der Waals surface area contributed by atoms with Crippen LogP contribution in [0.15, 0.2) is 71.6 Å². The van der Waals surface area contributed by atoms with Crippen molar-refractivity contribution in [2.45, 2.75) is 4.90 Å². The largest absolute Gasteiger partial charge is 0.381 e. The molecule has 5 aromatic rings. The SMILES string of the molecule is CSc1ccc(/C=C/c2ccc3c(NCCN4CCN(C)CC4)c4[nH]c5ccccc5c4[n+](C)c3c2)cc1. The number of aromatic nitrogens is 2. The van der Waals surface area contributed by atoms with E-state index in [9.17, 15) is 0 Å². The molecule has 1 aliphatic heterocycles. The molecule has 0 aliphatic carbocycles. The van der Waals surface area contributed by atoms with Crippen molar-refractivity contribution in [2.24, 2.45) is 7.05 Å². The van der Waals surface area contributed by atoms with Crippen molar-refractivity contribution in [2.75, 3.05) is 57.9 Å². The predicted octanol–water partition coefficient (Wildman–Crippen LogP) is 5.85. The first-order chi connectivity index (χ1) is 18.6. The number of piperazine rings is 1. The van der Waals surface area contributed by atoms with Crippen LogP contribution in [-0.2, 0) is 7.05 Å². The number of hydrogen-bond acceptors (Lipinski definition) is 4. The zero-order valence-electron chi connectivity index (χ0n) is 22.5. The zero-order chi connectivity index (χ0) is 26.1. The van der Waals surface area contributed by atoms with Crippen LogP contribution in [0.1, 0.15) is 11.1 Å². The average molecular weight is 523 g/mol. The van der Waals surface area contributed by atoms with E-state index in [0.29, 0.717) is 0 Å². The maximum atomic E-state index is 3.85. The average Bonchev–Trinajstić information content (AvgIpc) is 3.35. The number of benzene rings is 3. The third-order valence-electron chi connectivity index (χ3n) is 7.83. The Morgan fingerprint density at radius 3 is 2.45 bits per heavy atom. The van der Waals surface area contributed by atoms with Crippen molar-refractivity contribution < 1.29 is 4.57 Å². The highest BCUT2D eigenvalue weighted by Gasteiger charge is 2.23. The maximum absolute atomic E-state index is 3.85. The van der Waals surface area contributed by atoms with Crippen molar-refractivity contribution in [3.05, 3.63) is 77.9 Å². The molecule has 0 spiro atoms. The van der Waals surface area contributed by atoms with E-state index in [-0.39, 0.29) is 0 Å². The summed E-state index contributed by atoms with van der Waals surface area (Å²) in [6.07, 6.45) is 6.53. The van der Waals surface area contributed by atoms with Crippen molar-refractivity contribution in [1.82, 2.24) is 14.8 Å². The van der Waals surface area contributed by atoms with Gasteiger partial charge in [0, 0.05) is 50.2 Å². The second-order valence-corrected chi connectivity index (χ2v) is 11.2. The maximum Gasteiger partial charge on any atom is 0.240 e. The molecule has 6 heteroatoms. The van der Waals surface area contributed by atoms with Gasteiger partial charge in [0.15, 0.2) is 0 Å². The van der Waals surface area contributed by atoms with E-state index in [0.717, 1.165) is 39.3 Å². The summed E-state index contributed by atoms with van der Waals surface area (Å²) >= 11 is 1.77. The van der Waals surface area contributed by atoms with Gasteiger partial charge in [-0.15, -0.1) is 11.8 Å². The molecular formula is C32H36N5S+. The van der Waals surface area contributed by atoms with Crippen molar-refractivity contribution in [3.63, 3.8) is 0 Å². The van der Waals surface area contributed by atoms with Crippen molar-refractivity contribution >= 4 is 62.4 Å². The second-order valence-electron chi connectivity index (χ2n) is 10.3. The summed E-state index contributed by atoms with van der Waals surface area (Å²) in [4.78, 5) is 9.99. The normalized spacial score (nSPS) is 15.3. The van der Waals surface area contributed by atoms with Gasteiger partial charge in [0.2, 0.25) is 11.0 Å². The number of thioether (sulfide) groups is 1. The first-order valence-electron chi connectivity index (χ1n) is 13.4. The molecule has 2 aromatic heterocycles. The van der Waals surface area contributed by atoms with Gasteiger partial charge in [0.05, 0.1) is 22.0 Å². The number of pyridine rings is 1. The molecule has 0 atom stereocenters. The predicted molar refractivity (Wildman–Crippen MR) is 164 cm³/mol. The Morgan fingerprint density at radius 1 is 0.921 bits per heavy atom. The molecule has 0 radical (unpaired) electrons. The van der Waals surface area contributed by atoms with Crippen LogP contribution in [0.4, 0.5) is 5.69 Å². The van der Waals surface area contributed by atoms with Gasteiger partial charge in [0.1, 0.15) is 12.6 Å². The van der Waals surface area contributed by atoms with Gasteiger partial charge in [-0.1, -0.05) is 42.5 Å². The number of aromatic amines is 1. The summed E-state index contributed by atoms with van der Waals surface area (Å²) in [6.45, 7) is 6.54. The summed E-state index contributed by atoms with van der Waals surface area (Å²) in [5.74, 6) is 0. The molecule has 3 aromatic carbocycles. The molecule has 194 valence electrons. The number of H-pyrrole nitrogens is 1. The smallest absolute Gasteiger partial charge is 0.240 e. The third-order valence-corrected chi connectivity index (χ3v) is 8.57. The Balaban J connectivity index is 1.38. The lowest BCUT2D eigenvalue weighted by molar-refractivity contribution is -0.616. The van der Waals surface area contributed by atoms with E-state index in [4.69, 9.17) is 0 Å². The van der Waals surface area contributed by atoms with Gasteiger partial charge < -0.3 is 15.2 Å². The lowest BCUT2D eigenvalue weighted by Gasteiger charge is -2.32. The minimum absolute atomic E-state index is 0.921. The molecule has 0 unspecified atom stereocenters. The number of likely N-dealkylation sites (N-methyl/N-ethyl adjacent to an activating group) is 1. The molecule has 5 nitrogen and oxygen atoms in total. The van der Waals surface area contributed by atoms with E-state index in [2.05, 4.69) is 124 Å². The highest BCUT2D eigenvalue weighted by atomic mass is 32.2. The zero-order valence-corrected chi connectivity index (χ0v) is 23.3. The summed E-state index contributed by atoms with van der Waals surface area (Å²) in [7, 11) is 4.40. The third kappa shape index (κ3) is 4.92. The Morgan fingerprint density at radius 2 is 1.66 bits per heavy atom. The fourth-order valence-corrected chi connectivity index (χ4v) is 5.96. The fraction of sp³-hybridized carbons (Fsp3) is 0.281. The van der Waals surface area contributed by atoms with Gasteiger partial charge in [-0.3, -0.25) is 4.90 Å². The summed E-state index contributed by atoms with van der Waals surface area (Å²) in [5.41, 5.74) is 8.42. The number of aryl methyl sites for hydroxylation is 1. The highest BCUT2D eigenvalue weighted by Crippen LogP contribution is 2.34.